The van der Waals surface area contributed by atoms with E-state index in [1.807, 2.05) is 60.7 Å². The average molecular weight is 378 g/mol. The second-order valence-electron chi connectivity index (χ2n) is 6.52. The number of hydrogen-bond donors (Lipinski definition) is 0. The van der Waals surface area contributed by atoms with Gasteiger partial charge in [-0.3, -0.25) is 9.59 Å². The molecule has 0 atom stereocenters. The van der Waals surface area contributed by atoms with Crippen molar-refractivity contribution in [1.82, 2.24) is 4.90 Å². The number of benzene rings is 2. The highest BCUT2D eigenvalue weighted by atomic mass is 16.5. The number of ether oxygens (including phenoxy) is 1. The molecule has 2 aromatic rings. The normalized spacial score (nSPS) is 10.1. The van der Waals surface area contributed by atoms with Gasteiger partial charge in [0, 0.05) is 19.5 Å². The number of rotatable bonds is 11. The molecule has 1 amide bonds. The lowest BCUT2D eigenvalue weighted by atomic mass is 10.1. The van der Waals surface area contributed by atoms with Crippen LogP contribution in [0.25, 0.3) is 0 Å². The number of carbonyl (C=O) groups excluding carboxylic acids is 2. The summed E-state index contributed by atoms with van der Waals surface area (Å²) in [5.74, 6) is -0.498. The topological polar surface area (TPSA) is 70.4 Å². The molecule has 0 bridgehead atoms. The number of nitrogens with zero attached hydrogens (tertiary/aromatic N) is 2. The summed E-state index contributed by atoms with van der Waals surface area (Å²) in [5.41, 5.74) is 2.21. The Kier molecular flexibility index (Phi) is 9.30. The zero-order chi connectivity index (χ0) is 20.0. The molecule has 0 aromatic heterocycles. The number of hydrogen-bond acceptors (Lipinski definition) is 4. The highest BCUT2D eigenvalue weighted by molar-refractivity contribution is 5.81. The van der Waals surface area contributed by atoms with Crippen molar-refractivity contribution < 1.29 is 14.3 Å². The predicted molar refractivity (Wildman–Crippen MR) is 107 cm³/mol. The third kappa shape index (κ3) is 8.05. The van der Waals surface area contributed by atoms with Crippen molar-refractivity contribution in [3.05, 3.63) is 71.8 Å². The summed E-state index contributed by atoms with van der Waals surface area (Å²) in [6.07, 6.45) is 2.03. The van der Waals surface area contributed by atoms with Crippen molar-refractivity contribution in [3.63, 3.8) is 0 Å². The largest absolute Gasteiger partial charge is 0.466 e. The van der Waals surface area contributed by atoms with Crippen molar-refractivity contribution >= 4 is 11.9 Å². The molecule has 0 heterocycles. The second kappa shape index (κ2) is 12.3. The van der Waals surface area contributed by atoms with E-state index in [1.165, 1.54) is 5.56 Å². The molecule has 0 unspecified atom stereocenters. The second-order valence-corrected chi connectivity index (χ2v) is 6.52. The third-order valence-electron chi connectivity index (χ3n) is 4.32. The minimum absolute atomic E-state index is 0.0576. The predicted octanol–water partition coefficient (Wildman–Crippen LogP) is 3.89. The molecule has 0 fully saturated rings. The summed E-state index contributed by atoms with van der Waals surface area (Å²) in [6, 6.07) is 21.7. The zero-order valence-electron chi connectivity index (χ0n) is 16.0. The lowest BCUT2D eigenvalue weighted by Gasteiger charge is -2.21. The number of nitriles is 1. The van der Waals surface area contributed by atoms with Gasteiger partial charge >= 0.3 is 5.97 Å². The first kappa shape index (κ1) is 21.2. The minimum Gasteiger partial charge on any atom is -0.466 e. The quantitative estimate of drug-likeness (QED) is 0.439. The van der Waals surface area contributed by atoms with E-state index in [2.05, 4.69) is 6.07 Å². The molecule has 2 rings (SSSR count). The third-order valence-corrected chi connectivity index (χ3v) is 4.32. The first-order chi connectivity index (χ1) is 13.7. The van der Waals surface area contributed by atoms with Gasteiger partial charge in [0.1, 0.15) is 0 Å². The summed E-state index contributed by atoms with van der Waals surface area (Å²) in [4.78, 5) is 26.0. The number of aryl methyl sites for hydroxylation is 1. The van der Waals surface area contributed by atoms with Crippen LogP contribution < -0.4 is 0 Å². The maximum atomic E-state index is 12.5. The van der Waals surface area contributed by atoms with Gasteiger partial charge in [-0.1, -0.05) is 60.7 Å². The van der Waals surface area contributed by atoms with E-state index in [0.29, 0.717) is 19.7 Å². The van der Waals surface area contributed by atoms with Crippen molar-refractivity contribution in [2.24, 2.45) is 0 Å². The monoisotopic (exact) mass is 378 g/mol. The number of carbonyl (C=O) groups is 2. The van der Waals surface area contributed by atoms with E-state index >= 15 is 0 Å². The van der Waals surface area contributed by atoms with Gasteiger partial charge in [0.25, 0.3) is 0 Å². The molecule has 2 aromatic carbocycles. The fourth-order valence-electron chi connectivity index (χ4n) is 2.83. The molecule has 0 spiro atoms. The van der Waals surface area contributed by atoms with Crippen LogP contribution in [0.5, 0.6) is 0 Å². The molecule has 0 saturated carbocycles. The molecule has 0 aliphatic heterocycles. The molecular formula is C23H26N2O3. The smallest absolute Gasteiger partial charge is 0.306 e. The summed E-state index contributed by atoms with van der Waals surface area (Å²) >= 11 is 0. The average Bonchev–Trinajstić information content (AvgIpc) is 2.74. The van der Waals surface area contributed by atoms with E-state index in [9.17, 15) is 9.59 Å². The van der Waals surface area contributed by atoms with E-state index in [-0.39, 0.29) is 31.1 Å². The summed E-state index contributed by atoms with van der Waals surface area (Å²) in [6.45, 7) is 1.15. The Labute approximate surface area is 166 Å². The van der Waals surface area contributed by atoms with Crippen molar-refractivity contribution in [3.8, 4) is 6.07 Å². The van der Waals surface area contributed by atoms with Crippen LogP contribution in [0.2, 0.25) is 0 Å². The Morgan fingerprint density at radius 1 is 0.929 bits per heavy atom. The first-order valence-electron chi connectivity index (χ1n) is 9.57. The van der Waals surface area contributed by atoms with Crippen molar-refractivity contribution in [1.29, 1.82) is 5.26 Å². The SMILES string of the molecule is N#CCCN(Cc1ccccc1)C(=O)CCC(=O)OCCCc1ccccc1. The molecule has 5 heteroatoms. The summed E-state index contributed by atoms with van der Waals surface area (Å²) in [7, 11) is 0. The molecule has 0 aliphatic carbocycles. The maximum Gasteiger partial charge on any atom is 0.306 e. The fraction of sp³-hybridized carbons (Fsp3) is 0.348. The molecule has 0 saturated heterocycles. The fourth-order valence-corrected chi connectivity index (χ4v) is 2.83. The van der Waals surface area contributed by atoms with Gasteiger partial charge in [0.2, 0.25) is 5.91 Å². The standard InChI is InChI=1S/C23H26N2O3/c24-16-8-17-25(19-21-11-5-2-6-12-21)22(26)14-15-23(27)28-18-7-13-20-9-3-1-4-10-20/h1-6,9-12H,7-8,13-15,17-19H2. The van der Waals surface area contributed by atoms with E-state index in [1.54, 1.807) is 4.90 Å². The Balaban J connectivity index is 1.71. The van der Waals surface area contributed by atoms with Crippen LogP contribution in [-0.4, -0.2) is 29.9 Å². The van der Waals surface area contributed by atoms with Gasteiger partial charge in [0.05, 0.1) is 25.5 Å². The highest BCUT2D eigenvalue weighted by Gasteiger charge is 2.16. The van der Waals surface area contributed by atoms with Crippen LogP contribution >= 0.6 is 0 Å². The van der Waals surface area contributed by atoms with Gasteiger partial charge in [-0.2, -0.15) is 5.26 Å². The highest BCUT2D eigenvalue weighted by Crippen LogP contribution is 2.09. The van der Waals surface area contributed by atoms with Crippen molar-refractivity contribution in [2.45, 2.75) is 38.6 Å². The van der Waals surface area contributed by atoms with Gasteiger partial charge < -0.3 is 9.64 Å². The molecular weight excluding hydrogens is 352 g/mol. The van der Waals surface area contributed by atoms with Gasteiger partial charge in [0.15, 0.2) is 0 Å². The Hall–Kier alpha value is -3.13. The van der Waals surface area contributed by atoms with Crippen molar-refractivity contribution in [2.75, 3.05) is 13.2 Å². The van der Waals surface area contributed by atoms with Gasteiger partial charge in [-0.15, -0.1) is 0 Å². The van der Waals surface area contributed by atoms with Crippen LogP contribution in [0.4, 0.5) is 0 Å². The molecule has 0 aliphatic rings. The van der Waals surface area contributed by atoms with Crippen LogP contribution in [-0.2, 0) is 27.3 Å². The van der Waals surface area contributed by atoms with E-state index in [0.717, 1.165) is 18.4 Å². The summed E-state index contributed by atoms with van der Waals surface area (Å²) in [5, 5.41) is 8.82. The first-order valence-corrected chi connectivity index (χ1v) is 9.57. The zero-order valence-corrected chi connectivity index (χ0v) is 16.0. The minimum atomic E-state index is -0.360. The lowest BCUT2D eigenvalue weighted by Crippen LogP contribution is -2.31. The van der Waals surface area contributed by atoms with Crippen LogP contribution in [0, 0.1) is 11.3 Å². The maximum absolute atomic E-state index is 12.5. The van der Waals surface area contributed by atoms with Crippen LogP contribution in [0.1, 0.15) is 36.8 Å². The number of esters is 1. The molecule has 0 N–H and O–H groups in total. The van der Waals surface area contributed by atoms with Gasteiger partial charge in [-0.25, -0.2) is 0 Å². The molecule has 0 radical (unpaired) electrons. The Bertz CT molecular complexity index is 769. The summed E-state index contributed by atoms with van der Waals surface area (Å²) < 4.78 is 5.23. The van der Waals surface area contributed by atoms with E-state index < -0.39 is 0 Å². The Morgan fingerprint density at radius 3 is 2.21 bits per heavy atom. The molecule has 28 heavy (non-hydrogen) atoms. The molecule has 146 valence electrons. The van der Waals surface area contributed by atoms with Crippen LogP contribution in [0.15, 0.2) is 60.7 Å². The van der Waals surface area contributed by atoms with Crippen LogP contribution in [0.3, 0.4) is 0 Å². The lowest BCUT2D eigenvalue weighted by molar-refractivity contribution is -0.146. The van der Waals surface area contributed by atoms with Gasteiger partial charge in [-0.05, 0) is 24.0 Å². The molecule has 5 nitrogen and oxygen atoms in total. The Morgan fingerprint density at radius 2 is 1.57 bits per heavy atom. The van der Waals surface area contributed by atoms with E-state index in [4.69, 9.17) is 10.00 Å². The number of amides is 1.